The maximum Gasteiger partial charge on any atom is 0.0637 e. The highest BCUT2D eigenvalue weighted by atomic mass is 16.5. The van der Waals surface area contributed by atoms with Gasteiger partial charge >= 0.3 is 0 Å². The second kappa shape index (κ2) is 7.65. The van der Waals surface area contributed by atoms with Crippen LogP contribution in [0.3, 0.4) is 0 Å². The van der Waals surface area contributed by atoms with Crippen molar-refractivity contribution >= 4 is 5.69 Å². The molecule has 0 aliphatic carbocycles. The molecular weight excluding hydrogens is 248 g/mol. The fourth-order valence-electron chi connectivity index (χ4n) is 2.88. The molecule has 0 aromatic heterocycles. The van der Waals surface area contributed by atoms with Gasteiger partial charge in [-0.3, -0.25) is 0 Å². The van der Waals surface area contributed by atoms with Crippen LogP contribution in [0.5, 0.6) is 0 Å². The zero-order valence-electron chi connectivity index (χ0n) is 13.1. The van der Waals surface area contributed by atoms with Crippen molar-refractivity contribution < 1.29 is 4.74 Å². The zero-order chi connectivity index (χ0) is 14.4. The summed E-state index contributed by atoms with van der Waals surface area (Å²) in [6.45, 7) is 8.49. The van der Waals surface area contributed by atoms with Gasteiger partial charge < -0.3 is 15.0 Å². The summed E-state index contributed by atoms with van der Waals surface area (Å²) in [6.07, 6.45) is 3.63. The van der Waals surface area contributed by atoms with E-state index in [9.17, 15) is 0 Å². The Kier molecular flexibility index (Phi) is 5.86. The number of nitrogens with zero attached hydrogens (tertiary/aromatic N) is 1. The minimum atomic E-state index is 0.439. The first-order valence-electron chi connectivity index (χ1n) is 7.86. The molecule has 1 N–H and O–H groups in total. The molecule has 20 heavy (non-hydrogen) atoms. The number of rotatable bonds is 7. The molecule has 0 amide bonds. The highest BCUT2D eigenvalue weighted by Crippen LogP contribution is 2.29. The number of methoxy groups -OCH3 is 1. The van der Waals surface area contributed by atoms with Crippen molar-refractivity contribution in [3.8, 4) is 0 Å². The molecule has 3 heteroatoms. The van der Waals surface area contributed by atoms with Gasteiger partial charge in [0.2, 0.25) is 0 Å². The van der Waals surface area contributed by atoms with Crippen molar-refractivity contribution in [2.45, 2.75) is 39.2 Å². The molecule has 0 radical (unpaired) electrons. The van der Waals surface area contributed by atoms with E-state index in [0.717, 1.165) is 26.2 Å². The van der Waals surface area contributed by atoms with E-state index in [1.165, 1.54) is 36.1 Å². The Morgan fingerprint density at radius 3 is 3.00 bits per heavy atom. The molecule has 2 rings (SSSR count). The first kappa shape index (κ1) is 15.3. The van der Waals surface area contributed by atoms with Gasteiger partial charge in [-0.15, -0.1) is 0 Å². The van der Waals surface area contributed by atoms with Gasteiger partial charge in [0.05, 0.1) is 6.61 Å². The lowest BCUT2D eigenvalue weighted by atomic mass is 9.97. The highest BCUT2D eigenvalue weighted by Gasteiger charge is 2.17. The SMILES string of the molecule is CCCNC(C)c1ccc2c(c1)CCCN2CCOC. The normalized spacial score (nSPS) is 16.1. The van der Waals surface area contributed by atoms with Crippen molar-refractivity contribution in [1.82, 2.24) is 5.32 Å². The average Bonchev–Trinajstić information content (AvgIpc) is 2.49. The lowest BCUT2D eigenvalue weighted by Gasteiger charge is -2.32. The molecule has 0 bridgehead atoms. The van der Waals surface area contributed by atoms with Crippen molar-refractivity contribution in [2.24, 2.45) is 0 Å². The zero-order valence-corrected chi connectivity index (χ0v) is 13.1. The fraction of sp³-hybridized carbons (Fsp3) is 0.647. The van der Waals surface area contributed by atoms with E-state index in [1.807, 2.05) is 0 Å². The van der Waals surface area contributed by atoms with Crippen LogP contribution >= 0.6 is 0 Å². The summed E-state index contributed by atoms with van der Waals surface area (Å²) in [5, 5.41) is 3.57. The predicted molar refractivity (Wildman–Crippen MR) is 85.6 cm³/mol. The maximum atomic E-state index is 5.21. The Morgan fingerprint density at radius 1 is 1.40 bits per heavy atom. The Balaban J connectivity index is 2.10. The van der Waals surface area contributed by atoms with Crippen molar-refractivity contribution in [1.29, 1.82) is 0 Å². The number of hydrogen-bond donors (Lipinski definition) is 1. The number of anilines is 1. The van der Waals surface area contributed by atoms with E-state index in [0.29, 0.717) is 6.04 Å². The third-order valence-electron chi connectivity index (χ3n) is 4.08. The molecule has 112 valence electrons. The lowest BCUT2D eigenvalue weighted by Crippen LogP contribution is -2.32. The lowest BCUT2D eigenvalue weighted by molar-refractivity contribution is 0.205. The van der Waals surface area contributed by atoms with E-state index in [-0.39, 0.29) is 0 Å². The summed E-state index contributed by atoms with van der Waals surface area (Å²) >= 11 is 0. The maximum absolute atomic E-state index is 5.21. The van der Waals surface area contributed by atoms with E-state index in [2.05, 4.69) is 42.3 Å². The smallest absolute Gasteiger partial charge is 0.0637 e. The molecule has 1 unspecified atom stereocenters. The third kappa shape index (κ3) is 3.74. The second-order valence-corrected chi connectivity index (χ2v) is 5.65. The first-order valence-corrected chi connectivity index (χ1v) is 7.86. The van der Waals surface area contributed by atoms with Crippen LogP contribution in [0.1, 0.15) is 43.9 Å². The second-order valence-electron chi connectivity index (χ2n) is 5.65. The molecule has 1 aliphatic rings. The number of fused-ring (bicyclic) bond motifs is 1. The minimum Gasteiger partial charge on any atom is -0.383 e. The Labute approximate surface area is 123 Å². The van der Waals surface area contributed by atoms with Crippen molar-refractivity contribution in [3.05, 3.63) is 29.3 Å². The van der Waals surface area contributed by atoms with Crippen LogP contribution in [-0.2, 0) is 11.2 Å². The number of ether oxygens (including phenoxy) is 1. The van der Waals surface area contributed by atoms with Crippen LogP contribution in [0, 0.1) is 0 Å². The monoisotopic (exact) mass is 276 g/mol. The summed E-state index contributed by atoms with van der Waals surface area (Å²) in [6, 6.07) is 7.40. The molecule has 3 nitrogen and oxygen atoms in total. The number of aryl methyl sites for hydroxylation is 1. The molecular formula is C17H28N2O. The molecule has 1 aromatic rings. The summed E-state index contributed by atoms with van der Waals surface area (Å²) in [5.41, 5.74) is 4.31. The number of hydrogen-bond acceptors (Lipinski definition) is 3. The van der Waals surface area contributed by atoms with E-state index < -0.39 is 0 Å². The molecule has 1 aliphatic heterocycles. The average molecular weight is 276 g/mol. The molecule has 0 saturated heterocycles. The first-order chi connectivity index (χ1) is 9.76. The van der Waals surface area contributed by atoms with Gasteiger partial charge in [-0.25, -0.2) is 0 Å². The van der Waals surface area contributed by atoms with E-state index >= 15 is 0 Å². The van der Waals surface area contributed by atoms with Crippen LogP contribution in [0.25, 0.3) is 0 Å². The van der Waals surface area contributed by atoms with Gasteiger partial charge in [-0.2, -0.15) is 0 Å². The molecule has 1 atom stereocenters. The molecule has 1 heterocycles. The van der Waals surface area contributed by atoms with E-state index in [1.54, 1.807) is 7.11 Å². The van der Waals surface area contributed by atoms with Crippen molar-refractivity contribution in [2.75, 3.05) is 38.3 Å². The molecule has 0 saturated carbocycles. The topological polar surface area (TPSA) is 24.5 Å². The predicted octanol–water partition coefficient (Wildman–Crippen LogP) is 3.15. The summed E-state index contributed by atoms with van der Waals surface area (Å²) in [4.78, 5) is 2.45. The van der Waals surface area contributed by atoms with Crippen LogP contribution < -0.4 is 10.2 Å². The molecule has 0 spiro atoms. The van der Waals surface area contributed by atoms with Gasteiger partial charge in [-0.05, 0) is 49.9 Å². The van der Waals surface area contributed by atoms with Gasteiger partial charge in [0.25, 0.3) is 0 Å². The van der Waals surface area contributed by atoms with Gasteiger partial charge in [-0.1, -0.05) is 19.1 Å². The molecule has 1 aromatic carbocycles. The van der Waals surface area contributed by atoms with Crippen LogP contribution in [-0.4, -0.2) is 33.4 Å². The summed E-state index contributed by atoms with van der Waals surface area (Å²) < 4.78 is 5.21. The van der Waals surface area contributed by atoms with Gasteiger partial charge in [0.1, 0.15) is 0 Å². The Morgan fingerprint density at radius 2 is 2.25 bits per heavy atom. The van der Waals surface area contributed by atoms with Gasteiger partial charge in [0, 0.05) is 31.9 Å². The van der Waals surface area contributed by atoms with Crippen LogP contribution in [0.2, 0.25) is 0 Å². The Hall–Kier alpha value is -1.06. The number of benzene rings is 1. The third-order valence-corrected chi connectivity index (χ3v) is 4.08. The summed E-state index contributed by atoms with van der Waals surface area (Å²) in [7, 11) is 1.77. The standard InChI is InChI=1S/C17H28N2O/c1-4-9-18-14(2)15-7-8-17-16(13-15)6-5-10-19(17)11-12-20-3/h7-8,13-14,18H,4-6,9-12H2,1-3H3. The summed E-state index contributed by atoms with van der Waals surface area (Å²) in [5.74, 6) is 0. The fourth-order valence-corrected chi connectivity index (χ4v) is 2.88. The quantitative estimate of drug-likeness (QED) is 0.828. The van der Waals surface area contributed by atoms with Crippen molar-refractivity contribution in [3.63, 3.8) is 0 Å². The van der Waals surface area contributed by atoms with Crippen LogP contribution in [0.4, 0.5) is 5.69 Å². The van der Waals surface area contributed by atoms with E-state index in [4.69, 9.17) is 4.74 Å². The highest BCUT2D eigenvalue weighted by molar-refractivity contribution is 5.57. The molecule has 0 fully saturated rings. The minimum absolute atomic E-state index is 0.439. The largest absolute Gasteiger partial charge is 0.383 e. The Bertz CT molecular complexity index is 419. The number of nitrogens with one attached hydrogen (secondary N) is 1. The van der Waals surface area contributed by atoms with Gasteiger partial charge in [0.15, 0.2) is 0 Å². The van der Waals surface area contributed by atoms with Crippen LogP contribution in [0.15, 0.2) is 18.2 Å².